The molecule has 1 aliphatic carbocycles. The number of hydrogen-bond acceptors (Lipinski definition) is 1. The summed E-state index contributed by atoms with van der Waals surface area (Å²) in [5, 5.41) is 9.66. The molecule has 0 aliphatic heterocycles. The first-order valence-corrected chi connectivity index (χ1v) is 6.59. The van der Waals surface area contributed by atoms with Crippen molar-refractivity contribution >= 4 is 0 Å². The van der Waals surface area contributed by atoms with Crippen LogP contribution >= 0.6 is 0 Å². The Bertz CT molecular complexity index is 463. The molecule has 0 amide bonds. The number of rotatable bonds is 2. The molecule has 1 aliphatic rings. The van der Waals surface area contributed by atoms with E-state index < -0.39 is 11.8 Å². The van der Waals surface area contributed by atoms with Crippen LogP contribution in [0, 0.1) is 6.92 Å². The summed E-state index contributed by atoms with van der Waals surface area (Å²) >= 11 is 0. The third-order valence-electron chi connectivity index (χ3n) is 3.99. The molecule has 2 rings (SSSR count). The van der Waals surface area contributed by atoms with E-state index in [1.54, 1.807) is 0 Å². The minimum absolute atomic E-state index is 0.207. The fourth-order valence-electron chi connectivity index (χ4n) is 2.85. The predicted molar refractivity (Wildman–Crippen MR) is 68.2 cm³/mol. The molecule has 0 spiro atoms. The standard InChI is InChI=1S/C15H19F3O/c1-10-6-7-13-11(8-10)4-3-5-12(13)9-14(2,19)15(16,17)18/h6-8,12,19H,3-5,9H2,1-2H3. The van der Waals surface area contributed by atoms with Gasteiger partial charge in [0.15, 0.2) is 5.60 Å². The average molecular weight is 272 g/mol. The van der Waals surface area contributed by atoms with Crippen molar-refractivity contribution in [3.05, 3.63) is 34.9 Å². The molecule has 0 heterocycles. The molecule has 1 aromatic carbocycles. The highest BCUT2D eigenvalue weighted by Gasteiger charge is 2.51. The summed E-state index contributed by atoms with van der Waals surface area (Å²) in [6.07, 6.45) is -2.32. The number of fused-ring (bicyclic) bond motifs is 1. The average Bonchev–Trinajstić information content (AvgIpc) is 2.26. The molecule has 0 fully saturated rings. The normalized spacial score (nSPS) is 22.7. The van der Waals surface area contributed by atoms with Gasteiger partial charge in [0.1, 0.15) is 0 Å². The second-order valence-electron chi connectivity index (χ2n) is 5.77. The molecule has 0 saturated heterocycles. The van der Waals surface area contributed by atoms with E-state index in [2.05, 4.69) is 0 Å². The van der Waals surface area contributed by atoms with Crippen molar-refractivity contribution in [2.75, 3.05) is 0 Å². The fourth-order valence-corrected chi connectivity index (χ4v) is 2.85. The summed E-state index contributed by atoms with van der Waals surface area (Å²) in [7, 11) is 0. The lowest BCUT2D eigenvalue weighted by atomic mass is 9.77. The molecule has 1 nitrogen and oxygen atoms in total. The molecule has 2 unspecified atom stereocenters. The van der Waals surface area contributed by atoms with Gasteiger partial charge in [0.05, 0.1) is 0 Å². The van der Waals surface area contributed by atoms with E-state index in [1.165, 1.54) is 0 Å². The van der Waals surface area contributed by atoms with Crippen molar-refractivity contribution in [1.82, 2.24) is 0 Å². The van der Waals surface area contributed by atoms with Gasteiger partial charge in [0.25, 0.3) is 0 Å². The van der Waals surface area contributed by atoms with Gasteiger partial charge >= 0.3 is 6.18 Å². The van der Waals surface area contributed by atoms with Gasteiger partial charge in [-0.05, 0) is 56.6 Å². The number of hydrogen-bond donors (Lipinski definition) is 1. The van der Waals surface area contributed by atoms with Crippen LogP contribution < -0.4 is 0 Å². The van der Waals surface area contributed by atoms with E-state index >= 15 is 0 Å². The third kappa shape index (κ3) is 2.94. The van der Waals surface area contributed by atoms with Crippen LogP contribution in [0.2, 0.25) is 0 Å². The topological polar surface area (TPSA) is 20.2 Å². The molecule has 0 aromatic heterocycles. The van der Waals surface area contributed by atoms with Gasteiger partial charge in [-0.3, -0.25) is 0 Å². The second-order valence-corrected chi connectivity index (χ2v) is 5.77. The van der Waals surface area contributed by atoms with Crippen molar-refractivity contribution in [2.24, 2.45) is 0 Å². The minimum Gasteiger partial charge on any atom is -0.381 e. The van der Waals surface area contributed by atoms with E-state index in [1.807, 2.05) is 25.1 Å². The van der Waals surface area contributed by atoms with Crippen LogP contribution in [-0.2, 0) is 6.42 Å². The monoisotopic (exact) mass is 272 g/mol. The van der Waals surface area contributed by atoms with Gasteiger partial charge < -0.3 is 5.11 Å². The predicted octanol–water partition coefficient (Wildman–Crippen LogP) is 4.12. The number of benzene rings is 1. The van der Waals surface area contributed by atoms with E-state index in [0.29, 0.717) is 6.42 Å². The first kappa shape index (κ1) is 14.4. The summed E-state index contributed by atoms with van der Waals surface area (Å²) in [5.74, 6) is -0.207. The molecule has 2 atom stereocenters. The smallest absolute Gasteiger partial charge is 0.381 e. The van der Waals surface area contributed by atoms with Crippen LogP contribution in [0.3, 0.4) is 0 Å². The fraction of sp³-hybridized carbons (Fsp3) is 0.600. The van der Waals surface area contributed by atoms with Crippen molar-refractivity contribution < 1.29 is 18.3 Å². The van der Waals surface area contributed by atoms with Crippen LogP contribution in [0.1, 0.15) is 48.8 Å². The van der Waals surface area contributed by atoms with Crippen LogP contribution in [0.25, 0.3) is 0 Å². The Morgan fingerprint density at radius 2 is 2.00 bits per heavy atom. The summed E-state index contributed by atoms with van der Waals surface area (Å²) in [6.45, 7) is 2.85. The highest BCUT2D eigenvalue weighted by Crippen LogP contribution is 2.42. The SMILES string of the molecule is Cc1ccc2c(c1)CCCC2CC(C)(O)C(F)(F)F. The van der Waals surface area contributed by atoms with E-state index in [0.717, 1.165) is 36.5 Å². The van der Waals surface area contributed by atoms with Crippen LogP contribution in [0.4, 0.5) is 13.2 Å². The second kappa shape index (κ2) is 4.82. The van der Waals surface area contributed by atoms with Crippen molar-refractivity contribution in [3.63, 3.8) is 0 Å². The Hall–Kier alpha value is -1.03. The maximum atomic E-state index is 12.8. The van der Waals surface area contributed by atoms with Gasteiger partial charge in [0, 0.05) is 0 Å². The van der Waals surface area contributed by atoms with Crippen molar-refractivity contribution in [1.29, 1.82) is 0 Å². The molecule has 4 heteroatoms. The molecule has 1 N–H and O–H groups in total. The van der Waals surface area contributed by atoms with Gasteiger partial charge in [-0.15, -0.1) is 0 Å². The molecule has 0 radical (unpaired) electrons. The largest absolute Gasteiger partial charge is 0.416 e. The highest BCUT2D eigenvalue weighted by molar-refractivity contribution is 5.36. The lowest BCUT2D eigenvalue weighted by Crippen LogP contribution is -2.43. The summed E-state index contributed by atoms with van der Waals surface area (Å²) in [6, 6.07) is 5.89. The minimum atomic E-state index is -4.57. The Balaban J connectivity index is 2.25. The van der Waals surface area contributed by atoms with E-state index in [9.17, 15) is 18.3 Å². The molecule has 0 bridgehead atoms. The molecular formula is C15H19F3O. The number of aliphatic hydroxyl groups is 1. The Kier molecular flexibility index (Phi) is 3.65. The zero-order valence-electron chi connectivity index (χ0n) is 11.2. The number of alkyl halides is 3. The van der Waals surface area contributed by atoms with Gasteiger partial charge in [-0.2, -0.15) is 13.2 Å². The highest BCUT2D eigenvalue weighted by atomic mass is 19.4. The quantitative estimate of drug-likeness (QED) is 0.858. The molecule has 1 aromatic rings. The zero-order chi connectivity index (χ0) is 14.3. The Labute approximate surface area is 111 Å². The zero-order valence-corrected chi connectivity index (χ0v) is 11.2. The Morgan fingerprint density at radius 1 is 1.32 bits per heavy atom. The molecule has 19 heavy (non-hydrogen) atoms. The van der Waals surface area contributed by atoms with E-state index in [-0.39, 0.29) is 12.3 Å². The van der Waals surface area contributed by atoms with Crippen LogP contribution in [0.5, 0.6) is 0 Å². The van der Waals surface area contributed by atoms with Gasteiger partial charge in [0.2, 0.25) is 0 Å². The Morgan fingerprint density at radius 3 is 2.63 bits per heavy atom. The molecular weight excluding hydrogens is 253 g/mol. The maximum Gasteiger partial charge on any atom is 0.416 e. The van der Waals surface area contributed by atoms with Crippen molar-refractivity contribution in [3.8, 4) is 0 Å². The summed E-state index contributed by atoms with van der Waals surface area (Å²) < 4.78 is 38.3. The van der Waals surface area contributed by atoms with Crippen molar-refractivity contribution in [2.45, 2.75) is 57.2 Å². The number of halogens is 3. The van der Waals surface area contributed by atoms with Crippen LogP contribution in [-0.4, -0.2) is 16.9 Å². The maximum absolute atomic E-state index is 12.8. The third-order valence-corrected chi connectivity index (χ3v) is 3.99. The molecule has 0 saturated carbocycles. The lowest BCUT2D eigenvalue weighted by Gasteiger charge is -2.33. The van der Waals surface area contributed by atoms with E-state index in [4.69, 9.17) is 0 Å². The van der Waals surface area contributed by atoms with Crippen LogP contribution in [0.15, 0.2) is 18.2 Å². The summed E-state index contributed by atoms with van der Waals surface area (Å²) in [5.41, 5.74) is 0.620. The van der Waals surface area contributed by atoms with Gasteiger partial charge in [-0.25, -0.2) is 0 Å². The van der Waals surface area contributed by atoms with Gasteiger partial charge in [-0.1, -0.05) is 23.8 Å². The summed E-state index contributed by atoms with van der Waals surface area (Å²) in [4.78, 5) is 0. The lowest BCUT2D eigenvalue weighted by molar-refractivity contribution is -0.256. The molecule has 106 valence electrons. The first-order chi connectivity index (χ1) is 8.71. The number of aryl methyl sites for hydroxylation is 2. The first-order valence-electron chi connectivity index (χ1n) is 6.59.